The molecule has 1 aliphatic heterocycles. The highest BCUT2D eigenvalue weighted by molar-refractivity contribution is 4.91. The quantitative estimate of drug-likeness (QED) is 0.688. The predicted octanol–water partition coefficient (Wildman–Crippen LogP) is -0.367. The van der Waals surface area contributed by atoms with Crippen LogP contribution in [0, 0.1) is 0 Å². The second kappa shape index (κ2) is 5.90. The van der Waals surface area contributed by atoms with Crippen LogP contribution in [0.25, 0.3) is 0 Å². The zero-order valence-electron chi connectivity index (χ0n) is 8.92. The summed E-state index contributed by atoms with van der Waals surface area (Å²) in [5.74, 6) is 0.934. The smallest absolute Gasteiger partial charge is 0.252 e. The van der Waals surface area contributed by atoms with E-state index in [1.807, 2.05) is 0 Å². The summed E-state index contributed by atoms with van der Waals surface area (Å²) >= 11 is 0. The summed E-state index contributed by atoms with van der Waals surface area (Å²) in [4.78, 5) is 4.16. The molecule has 0 saturated carbocycles. The van der Waals surface area contributed by atoms with E-state index in [9.17, 15) is 0 Å². The number of hydrogen-bond acceptors (Lipinski definition) is 7. The largest absolute Gasteiger partial charge is 0.376 e. The van der Waals surface area contributed by atoms with Crippen molar-refractivity contribution in [3.8, 4) is 0 Å². The van der Waals surface area contributed by atoms with Crippen molar-refractivity contribution >= 4 is 0 Å². The fourth-order valence-corrected chi connectivity index (χ4v) is 1.34. The Morgan fingerprint density at radius 3 is 3.12 bits per heavy atom. The molecule has 7 heteroatoms. The van der Waals surface area contributed by atoms with Crippen LogP contribution < -0.4 is 5.73 Å². The average molecular weight is 229 g/mol. The van der Waals surface area contributed by atoms with E-state index in [0.717, 1.165) is 0 Å². The van der Waals surface area contributed by atoms with Crippen LogP contribution in [-0.4, -0.2) is 43.1 Å². The van der Waals surface area contributed by atoms with Gasteiger partial charge in [0.1, 0.15) is 12.7 Å². The molecule has 1 aromatic rings. The number of aromatic nitrogens is 2. The van der Waals surface area contributed by atoms with Gasteiger partial charge in [-0.15, -0.1) is 0 Å². The molecule has 16 heavy (non-hydrogen) atoms. The minimum absolute atomic E-state index is 0.235. The first-order chi connectivity index (χ1) is 7.90. The fourth-order valence-electron chi connectivity index (χ4n) is 1.34. The Labute approximate surface area is 92.8 Å². The molecular weight excluding hydrogens is 214 g/mol. The number of rotatable bonds is 5. The number of nitrogens with two attached hydrogens (primary N) is 1. The monoisotopic (exact) mass is 229 g/mol. The molecule has 2 N–H and O–H groups in total. The molecule has 2 heterocycles. The molecule has 90 valence electrons. The summed E-state index contributed by atoms with van der Waals surface area (Å²) in [5.41, 5.74) is 5.29. The second-order valence-electron chi connectivity index (χ2n) is 3.32. The van der Waals surface area contributed by atoms with Gasteiger partial charge >= 0.3 is 0 Å². The van der Waals surface area contributed by atoms with Gasteiger partial charge in [-0.25, -0.2) is 0 Å². The Balaban J connectivity index is 1.85. The fraction of sp³-hybridized carbons (Fsp3) is 0.778. The molecule has 0 aromatic carbocycles. The Bertz CT molecular complexity index is 311. The lowest BCUT2D eigenvalue weighted by molar-refractivity contribution is -0.0941. The van der Waals surface area contributed by atoms with Crippen molar-refractivity contribution in [1.82, 2.24) is 10.1 Å². The van der Waals surface area contributed by atoms with Crippen molar-refractivity contribution < 1.29 is 18.7 Å². The minimum Gasteiger partial charge on any atom is -0.376 e. The van der Waals surface area contributed by atoms with E-state index >= 15 is 0 Å². The maximum atomic E-state index is 5.43. The van der Waals surface area contributed by atoms with Crippen LogP contribution in [0.2, 0.25) is 0 Å². The van der Waals surface area contributed by atoms with Crippen LogP contribution in [-0.2, 0) is 20.8 Å². The molecule has 1 unspecified atom stereocenters. The van der Waals surface area contributed by atoms with Crippen molar-refractivity contribution in [3.05, 3.63) is 11.7 Å². The van der Waals surface area contributed by atoms with Crippen LogP contribution in [0.15, 0.2) is 4.52 Å². The zero-order valence-corrected chi connectivity index (χ0v) is 8.92. The average Bonchev–Trinajstić information content (AvgIpc) is 2.79. The van der Waals surface area contributed by atoms with E-state index in [1.54, 1.807) is 0 Å². The Morgan fingerprint density at radius 2 is 2.38 bits per heavy atom. The molecule has 1 saturated heterocycles. The van der Waals surface area contributed by atoms with Crippen LogP contribution in [0.1, 0.15) is 17.8 Å². The highest BCUT2D eigenvalue weighted by Crippen LogP contribution is 2.17. The van der Waals surface area contributed by atoms with E-state index in [-0.39, 0.29) is 12.7 Å². The van der Waals surface area contributed by atoms with Crippen molar-refractivity contribution in [1.29, 1.82) is 0 Å². The van der Waals surface area contributed by atoms with Crippen LogP contribution in [0.3, 0.4) is 0 Å². The number of hydrogen-bond donors (Lipinski definition) is 1. The summed E-state index contributed by atoms with van der Waals surface area (Å²) < 4.78 is 20.9. The second-order valence-corrected chi connectivity index (χ2v) is 3.32. The van der Waals surface area contributed by atoms with E-state index in [0.29, 0.717) is 44.7 Å². The minimum atomic E-state index is -0.235. The van der Waals surface area contributed by atoms with Gasteiger partial charge < -0.3 is 24.5 Å². The van der Waals surface area contributed by atoms with Crippen LogP contribution in [0.4, 0.5) is 0 Å². The lowest BCUT2D eigenvalue weighted by Crippen LogP contribution is -2.22. The van der Waals surface area contributed by atoms with Crippen LogP contribution >= 0.6 is 0 Å². The van der Waals surface area contributed by atoms with Gasteiger partial charge in [0.2, 0.25) is 5.82 Å². The van der Waals surface area contributed by atoms with Crippen LogP contribution in [0.5, 0.6) is 0 Å². The van der Waals surface area contributed by atoms with Gasteiger partial charge in [0.25, 0.3) is 5.89 Å². The summed E-state index contributed by atoms with van der Waals surface area (Å²) in [6.45, 7) is 2.85. The first-order valence-corrected chi connectivity index (χ1v) is 5.20. The predicted molar refractivity (Wildman–Crippen MR) is 52.5 cm³/mol. The van der Waals surface area contributed by atoms with Crippen molar-refractivity contribution in [2.45, 2.75) is 12.7 Å². The van der Waals surface area contributed by atoms with Gasteiger partial charge in [-0.05, 0) is 0 Å². The highest BCUT2D eigenvalue weighted by atomic mass is 16.6. The van der Waals surface area contributed by atoms with Crippen molar-refractivity contribution in [2.24, 2.45) is 5.73 Å². The molecule has 1 aliphatic rings. The molecule has 0 radical (unpaired) electrons. The maximum absolute atomic E-state index is 5.43. The lowest BCUT2D eigenvalue weighted by atomic mass is 10.3. The normalized spacial score (nSPS) is 21.2. The molecule has 2 rings (SSSR count). The van der Waals surface area contributed by atoms with Gasteiger partial charge in [0, 0.05) is 6.54 Å². The molecule has 1 atom stereocenters. The molecule has 0 amide bonds. The SMILES string of the molecule is NCCOCc1nc(C2COCCO2)no1. The Morgan fingerprint density at radius 1 is 1.44 bits per heavy atom. The summed E-state index contributed by atoms with van der Waals surface area (Å²) in [7, 11) is 0. The zero-order chi connectivity index (χ0) is 11.2. The topological polar surface area (TPSA) is 92.6 Å². The van der Waals surface area contributed by atoms with Gasteiger partial charge in [0.15, 0.2) is 0 Å². The highest BCUT2D eigenvalue weighted by Gasteiger charge is 2.22. The molecule has 0 aliphatic carbocycles. The molecule has 1 fully saturated rings. The van der Waals surface area contributed by atoms with Crippen molar-refractivity contribution in [3.63, 3.8) is 0 Å². The third-order valence-corrected chi connectivity index (χ3v) is 2.08. The third-order valence-electron chi connectivity index (χ3n) is 2.08. The maximum Gasteiger partial charge on any atom is 0.252 e. The van der Waals surface area contributed by atoms with Gasteiger partial charge in [0.05, 0.1) is 26.4 Å². The Hall–Kier alpha value is -1.02. The van der Waals surface area contributed by atoms with Gasteiger partial charge in [-0.3, -0.25) is 0 Å². The molecule has 7 nitrogen and oxygen atoms in total. The van der Waals surface area contributed by atoms with E-state index < -0.39 is 0 Å². The standard InChI is InChI=1S/C9H15N3O4/c10-1-2-13-6-8-11-9(12-16-8)7-5-14-3-4-15-7/h7H,1-6,10H2. The van der Waals surface area contributed by atoms with E-state index in [1.165, 1.54) is 0 Å². The Kier molecular flexibility index (Phi) is 4.23. The number of nitrogens with zero attached hydrogens (tertiary/aromatic N) is 2. The van der Waals surface area contributed by atoms with Gasteiger partial charge in [-0.1, -0.05) is 5.16 Å². The molecule has 0 spiro atoms. The van der Waals surface area contributed by atoms with E-state index in [2.05, 4.69) is 10.1 Å². The third kappa shape index (κ3) is 2.99. The molecule has 0 bridgehead atoms. The lowest BCUT2D eigenvalue weighted by Gasteiger charge is -2.19. The molecular formula is C9H15N3O4. The van der Waals surface area contributed by atoms with Crippen molar-refractivity contribution in [2.75, 3.05) is 33.0 Å². The summed E-state index contributed by atoms with van der Waals surface area (Å²) in [5, 5.41) is 3.82. The summed E-state index contributed by atoms with van der Waals surface area (Å²) in [6.07, 6.45) is -0.235. The van der Waals surface area contributed by atoms with E-state index in [4.69, 9.17) is 24.5 Å². The first kappa shape index (κ1) is 11.5. The van der Waals surface area contributed by atoms with Gasteiger partial charge in [-0.2, -0.15) is 4.98 Å². The summed E-state index contributed by atoms with van der Waals surface area (Å²) in [6, 6.07) is 0. The number of ether oxygens (including phenoxy) is 3. The first-order valence-electron chi connectivity index (χ1n) is 5.20. The molecule has 1 aromatic heterocycles.